The number of nitrogens with zero attached hydrogens (tertiary/aromatic N) is 2. The van der Waals surface area contributed by atoms with E-state index in [1.165, 1.54) is 20.6 Å². The molecule has 1 aromatic carbocycles. The summed E-state index contributed by atoms with van der Waals surface area (Å²) in [7, 11) is 3.00. The smallest absolute Gasteiger partial charge is 0.332 e. The second kappa shape index (κ2) is 9.79. The molecule has 1 aliphatic carbocycles. The van der Waals surface area contributed by atoms with Gasteiger partial charge in [0.15, 0.2) is 0 Å². The van der Waals surface area contributed by atoms with Crippen molar-refractivity contribution in [2.24, 2.45) is 5.92 Å². The van der Waals surface area contributed by atoms with E-state index >= 15 is 0 Å². The SMILES string of the molecule is COc1ccc(N2C(=O)[C@H](CC(=O)OC(C)(C)C)N(CC3CCCCC3)C2=O)c(OC)c1. The number of hydrogen-bond donors (Lipinski definition) is 0. The predicted molar refractivity (Wildman–Crippen MR) is 120 cm³/mol. The molecule has 176 valence electrons. The Balaban J connectivity index is 1.91. The zero-order chi connectivity index (χ0) is 23.5. The van der Waals surface area contributed by atoms with E-state index in [4.69, 9.17) is 14.2 Å². The second-order valence-electron chi connectivity index (χ2n) is 9.46. The van der Waals surface area contributed by atoms with Gasteiger partial charge < -0.3 is 19.1 Å². The van der Waals surface area contributed by atoms with Crippen molar-refractivity contribution in [2.75, 3.05) is 25.7 Å². The number of carbonyl (C=O) groups is 3. The van der Waals surface area contributed by atoms with Gasteiger partial charge in [0.25, 0.3) is 5.91 Å². The number of anilines is 1. The molecule has 0 N–H and O–H groups in total. The standard InChI is InChI=1S/C24H34N2O6/c1-24(2,3)32-21(27)14-19-22(28)26(18-12-11-17(30-4)13-20(18)31-5)23(29)25(19)15-16-9-7-6-8-10-16/h11-13,16,19H,6-10,14-15H2,1-5H3/t19-/m0/s1. The molecule has 32 heavy (non-hydrogen) atoms. The van der Waals surface area contributed by atoms with Crippen molar-refractivity contribution >= 4 is 23.6 Å². The van der Waals surface area contributed by atoms with Crippen LogP contribution < -0.4 is 14.4 Å². The van der Waals surface area contributed by atoms with Crippen LogP contribution in [0.25, 0.3) is 0 Å². The van der Waals surface area contributed by atoms with Crippen LogP contribution in [0.2, 0.25) is 0 Å². The van der Waals surface area contributed by atoms with E-state index in [0.717, 1.165) is 30.6 Å². The summed E-state index contributed by atoms with van der Waals surface area (Å²) >= 11 is 0. The fraction of sp³-hybridized carbons (Fsp3) is 0.625. The summed E-state index contributed by atoms with van der Waals surface area (Å²) in [5.41, 5.74) is -0.334. The lowest BCUT2D eigenvalue weighted by molar-refractivity contribution is -0.156. The normalized spacial score (nSPS) is 20.0. The Bertz CT molecular complexity index is 857. The van der Waals surface area contributed by atoms with E-state index in [1.54, 1.807) is 43.9 Å². The quantitative estimate of drug-likeness (QED) is 0.462. The Labute approximate surface area is 189 Å². The van der Waals surface area contributed by atoms with E-state index in [1.807, 2.05) is 0 Å². The summed E-state index contributed by atoms with van der Waals surface area (Å²) in [4.78, 5) is 42.2. The molecule has 1 aromatic rings. The maximum Gasteiger partial charge on any atom is 0.332 e. The molecule has 2 aliphatic rings. The molecule has 8 nitrogen and oxygen atoms in total. The van der Waals surface area contributed by atoms with Crippen molar-refractivity contribution < 1.29 is 28.6 Å². The summed E-state index contributed by atoms with van der Waals surface area (Å²) in [6.07, 6.45) is 5.29. The maximum atomic E-state index is 13.5. The average Bonchev–Trinajstić information content (AvgIpc) is 2.96. The van der Waals surface area contributed by atoms with Crippen molar-refractivity contribution in [3.05, 3.63) is 18.2 Å². The molecule has 3 rings (SSSR count). The van der Waals surface area contributed by atoms with Crippen LogP contribution in [0.4, 0.5) is 10.5 Å². The van der Waals surface area contributed by atoms with Gasteiger partial charge in [0, 0.05) is 12.6 Å². The molecule has 0 unspecified atom stereocenters. The largest absolute Gasteiger partial charge is 0.497 e. The average molecular weight is 447 g/mol. The van der Waals surface area contributed by atoms with Crippen LogP contribution in [0.3, 0.4) is 0 Å². The first kappa shape index (κ1) is 23.9. The van der Waals surface area contributed by atoms with E-state index < -0.39 is 29.6 Å². The molecule has 1 saturated heterocycles. The minimum absolute atomic E-state index is 0.177. The monoisotopic (exact) mass is 446 g/mol. The molecule has 1 heterocycles. The van der Waals surface area contributed by atoms with Crippen LogP contribution in [0.5, 0.6) is 11.5 Å². The molecule has 1 atom stereocenters. The van der Waals surface area contributed by atoms with Crippen molar-refractivity contribution in [2.45, 2.75) is 70.9 Å². The highest BCUT2D eigenvalue weighted by Gasteiger charge is 2.48. The van der Waals surface area contributed by atoms with Gasteiger partial charge in [-0.1, -0.05) is 19.3 Å². The highest BCUT2D eigenvalue weighted by molar-refractivity contribution is 6.22. The van der Waals surface area contributed by atoms with Crippen LogP contribution in [-0.2, 0) is 14.3 Å². The Morgan fingerprint density at radius 1 is 1.06 bits per heavy atom. The van der Waals surface area contributed by atoms with Crippen LogP contribution in [0.1, 0.15) is 59.3 Å². The lowest BCUT2D eigenvalue weighted by Crippen LogP contribution is -2.41. The van der Waals surface area contributed by atoms with E-state index in [-0.39, 0.29) is 6.42 Å². The van der Waals surface area contributed by atoms with Crippen LogP contribution >= 0.6 is 0 Å². The van der Waals surface area contributed by atoms with Crippen molar-refractivity contribution in [3.63, 3.8) is 0 Å². The molecule has 1 saturated carbocycles. The molecule has 0 radical (unpaired) electrons. The minimum Gasteiger partial charge on any atom is -0.497 e. The lowest BCUT2D eigenvalue weighted by atomic mass is 9.88. The van der Waals surface area contributed by atoms with Gasteiger partial charge in [-0.05, 0) is 51.7 Å². The number of carbonyl (C=O) groups excluding carboxylic acids is 3. The summed E-state index contributed by atoms with van der Waals surface area (Å²) in [5.74, 6) is 0.274. The fourth-order valence-electron chi connectivity index (χ4n) is 4.42. The van der Waals surface area contributed by atoms with E-state index in [9.17, 15) is 14.4 Å². The van der Waals surface area contributed by atoms with Gasteiger partial charge in [-0.3, -0.25) is 9.59 Å². The van der Waals surface area contributed by atoms with Gasteiger partial charge in [-0.15, -0.1) is 0 Å². The van der Waals surface area contributed by atoms with Crippen molar-refractivity contribution in [3.8, 4) is 11.5 Å². The first-order chi connectivity index (χ1) is 15.1. The molecule has 0 bridgehead atoms. The Morgan fingerprint density at radius 3 is 2.34 bits per heavy atom. The molecule has 2 fully saturated rings. The predicted octanol–water partition coefficient (Wildman–Crippen LogP) is 4.15. The first-order valence-corrected chi connectivity index (χ1v) is 11.2. The first-order valence-electron chi connectivity index (χ1n) is 11.2. The number of hydrogen-bond acceptors (Lipinski definition) is 6. The number of methoxy groups -OCH3 is 2. The zero-order valence-electron chi connectivity index (χ0n) is 19.7. The number of esters is 1. The van der Waals surface area contributed by atoms with Crippen molar-refractivity contribution in [1.82, 2.24) is 4.90 Å². The number of rotatable bonds is 7. The van der Waals surface area contributed by atoms with Crippen molar-refractivity contribution in [1.29, 1.82) is 0 Å². The van der Waals surface area contributed by atoms with Crippen LogP contribution in [0.15, 0.2) is 18.2 Å². The molecule has 1 aliphatic heterocycles. The molecular formula is C24H34N2O6. The summed E-state index contributed by atoms with van der Waals surface area (Å²) < 4.78 is 16.1. The highest BCUT2D eigenvalue weighted by atomic mass is 16.6. The van der Waals surface area contributed by atoms with Gasteiger partial charge in [0.05, 0.1) is 26.3 Å². The Hall–Kier alpha value is -2.77. The molecule has 8 heteroatoms. The summed E-state index contributed by atoms with van der Waals surface area (Å²) in [6, 6.07) is 3.60. The fourth-order valence-corrected chi connectivity index (χ4v) is 4.42. The molecular weight excluding hydrogens is 412 g/mol. The summed E-state index contributed by atoms with van der Waals surface area (Å²) in [5, 5.41) is 0. The zero-order valence-corrected chi connectivity index (χ0v) is 19.7. The third-order valence-corrected chi connectivity index (χ3v) is 5.91. The third kappa shape index (κ3) is 5.34. The van der Waals surface area contributed by atoms with Gasteiger partial charge >= 0.3 is 12.0 Å². The van der Waals surface area contributed by atoms with Crippen LogP contribution in [0, 0.1) is 5.92 Å². The Morgan fingerprint density at radius 2 is 1.75 bits per heavy atom. The third-order valence-electron chi connectivity index (χ3n) is 5.91. The van der Waals surface area contributed by atoms with E-state index in [0.29, 0.717) is 29.6 Å². The maximum absolute atomic E-state index is 13.5. The van der Waals surface area contributed by atoms with Gasteiger partial charge in [-0.25, -0.2) is 9.69 Å². The Kier molecular flexibility index (Phi) is 7.31. The highest BCUT2D eigenvalue weighted by Crippen LogP contribution is 2.37. The van der Waals surface area contributed by atoms with Crippen LogP contribution in [-0.4, -0.2) is 55.2 Å². The minimum atomic E-state index is -0.897. The summed E-state index contributed by atoms with van der Waals surface area (Å²) in [6.45, 7) is 5.79. The van der Waals surface area contributed by atoms with Gasteiger partial charge in [-0.2, -0.15) is 0 Å². The van der Waals surface area contributed by atoms with Gasteiger partial charge in [0.1, 0.15) is 23.1 Å². The number of amides is 3. The van der Waals surface area contributed by atoms with Gasteiger partial charge in [0.2, 0.25) is 0 Å². The molecule has 0 aromatic heterocycles. The number of urea groups is 1. The topological polar surface area (TPSA) is 85.4 Å². The van der Waals surface area contributed by atoms with E-state index in [2.05, 4.69) is 0 Å². The number of ether oxygens (including phenoxy) is 3. The second-order valence-corrected chi connectivity index (χ2v) is 9.46. The molecule has 3 amide bonds. The molecule has 0 spiro atoms. The number of benzene rings is 1. The number of imide groups is 1. The lowest BCUT2D eigenvalue weighted by Gasteiger charge is -2.29.